The molecule has 0 radical (unpaired) electrons. The first-order valence-electron chi connectivity index (χ1n) is 4.20. The molecule has 16 heavy (non-hydrogen) atoms. The quantitative estimate of drug-likeness (QED) is 0.627. The molecule has 1 aromatic carbocycles. The second-order valence-corrected chi connectivity index (χ2v) is 2.94. The molecule has 0 aliphatic rings. The first-order chi connectivity index (χ1) is 7.36. The van der Waals surface area contributed by atoms with Crippen molar-refractivity contribution in [3.8, 4) is 0 Å². The molecular formula is C10H8F3NO2. The van der Waals surface area contributed by atoms with Gasteiger partial charge in [-0.05, 0) is 12.1 Å². The zero-order valence-corrected chi connectivity index (χ0v) is 8.26. The number of esters is 1. The van der Waals surface area contributed by atoms with Gasteiger partial charge in [-0.25, -0.2) is 4.79 Å². The van der Waals surface area contributed by atoms with Gasteiger partial charge < -0.3 is 4.74 Å². The van der Waals surface area contributed by atoms with Gasteiger partial charge in [0, 0.05) is 5.56 Å². The molecule has 1 aromatic rings. The van der Waals surface area contributed by atoms with Gasteiger partial charge in [0.25, 0.3) is 0 Å². The van der Waals surface area contributed by atoms with Crippen molar-refractivity contribution >= 4 is 11.7 Å². The molecule has 0 unspecified atom stereocenters. The number of benzene rings is 1. The van der Waals surface area contributed by atoms with Crippen molar-refractivity contribution in [2.24, 2.45) is 0 Å². The van der Waals surface area contributed by atoms with Gasteiger partial charge in [-0.1, -0.05) is 12.1 Å². The molecule has 0 heterocycles. The van der Waals surface area contributed by atoms with E-state index in [4.69, 9.17) is 5.41 Å². The number of rotatable bonds is 2. The highest BCUT2D eigenvalue weighted by atomic mass is 19.4. The van der Waals surface area contributed by atoms with Crippen LogP contribution >= 0.6 is 0 Å². The summed E-state index contributed by atoms with van der Waals surface area (Å²) in [6.07, 6.45) is -4.69. The maximum Gasteiger partial charge on any atom is 0.433 e. The molecule has 0 aliphatic heterocycles. The van der Waals surface area contributed by atoms with Crippen LogP contribution in [0.4, 0.5) is 13.2 Å². The maximum absolute atomic E-state index is 12.1. The first kappa shape index (κ1) is 12.2. The molecule has 3 nitrogen and oxygen atoms in total. The Morgan fingerprint density at radius 2 is 1.62 bits per heavy atom. The van der Waals surface area contributed by atoms with Crippen LogP contribution in [0, 0.1) is 5.41 Å². The van der Waals surface area contributed by atoms with Crippen molar-refractivity contribution in [2.75, 3.05) is 7.11 Å². The minimum absolute atomic E-state index is 0.140. The van der Waals surface area contributed by atoms with Crippen LogP contribution in [-0.2, 0) is 4.74 Å². The Morgan fingerprint density at radius 1 is 1.19 bits per heavy atom. The number of carbonyl (C=O) groups is 1. The lowest BCUT2D eigenvalue weighted by molar-refractivity contribution is -0.0587. The summed E-state index contributed by atoms with van der Waals surface area (Å²) in [6, 6.07) is 4.48. The molecule has 1 rings (SSSR count). The van der Waals surface area contributed by atoms with E-state index >= 15 is 0 Å². The zero-order chi connectivity index (χ0) is 12.3. The molecule has 0 saturated heterocycles. The van der Waals surface area contributed by atoms with Crippen LogP contribution in [0.15, 0.2) is 24.3 Å². The van der Waals surface area contributed by atoms with Crippen molar-refractivity contribution in [1.82, 2.24) is 0 Å². The summed E-state index contributed by atoms with van der Waals surface area (Å²) in [5, 5.41) is 6.86. The Labute approximate surface area is 89.3 Å². The highest BCUT2D eigenvalue weighted by molar-refractivity contribution is 6.03. The molecule has 0 atom stereocenters. The Morgan fingerprint density at radius 3 is 2.00 bits per heavy atom. The predicted octanol–water partition coefficient (Wildman–Crippen LogP) is 2.40. The third-order valence-corrected chi connectivity index (χ3v) is 1.88. The summed E-state index contributed by atoms with van der Waals surface area (Å²) < 4.78 is 40.8. The van der Waals surface area contributed by atoms with Crippen molar-refractivity contribution in [3.05, 3.63) is 35.4 Å². The summed E-state index contributed by atoms with van der Waals surface area (Å²) in [5.41, 5.74) is -1.59. The van der Waals surface area contributed by atoms with Gasteiger partial charge in [-0.3, -0.25) is 5.41 Å². The van der Waals surface area contributed by atoms with Gasteiger partial charge in [0.15, 0.2) is 0 Å². The summed E-state index contributed by atoms with van der Waals surface area (Å²) in [4.78, 5) is 11.0. The number of methoxy groups -OCH3 is 1. The smallest absolute Gasteiger partial charge is 0.433 e. The van der Waals surface area contributed by atoms with E-state index in [1.165, 1.54) is 19.2 Å². The predicted molar refractivity (Wildman–Crippen MR) is 50.7 cm³/mol. The van der Waals surface area contributed by atoms with Crippen molar-refractivity contribution in [2.45, 2.75) is 6.18 Å². The largest absolute Gasteiger partial charge is 0.465 e. The van der Waals surface area contributed by atoms with E-state index in [0.717, 1.165) is 12.1 Å². The standard InChI is InChI=1S/C10H8F3NO2/c1-16-9(15)7-4-2-6(3-5-7)8(14)10(11,12)13/h2-5,14H,1H3. The molecule has 0 aliphatic carbocycles. The topological polar surface area (TPSA) is 50.2 Å². The number of hydrogen-bond acceptors (Lipinski definition) is 3. The van der Waals surface area contributed by atoms with Crippen LogP contribution in [0.3, 0.4) is 0 Å². The second-order valence-electron chi connectivity index (χ2n) is 2.94. The number of hydrogen-bond donors (Lipinski definition) is 1. The lowest BCUT2D eigenvalue weighted by Gasteiger charge is -2.08. The highest BCUT2D eigenvalue weighted by Gasteiger charge is 2.35. The second kappa shape index (κ2) is 4.34. The average molecular weight is 231 g/mol. The van der Waals surface area contributed by atoms with Gasteiger partial charge in [0.1, 0.15) is 5.71 Å². The van der Waals surface area contributed by atoms with Crippen LogP contribution in [0.5, 0.6) is 0 Å². The average Bonchev–Trinajstić information content (AvgIpc) is 2.26. The van der Waals surface area contributed by atoms with Gasteiger partial charge in [-0.2, -0.15) is 13.2 Å². The van der Waals surface area contributed by atoms with E-state index in [1.807, 2.05) is 0 Å². The molecule has 0 aromatic heterocycles. The number of halogens is 3. The van der Waals surface area contributed by atoms with Crippen LogP contribution < -0.4 is 0 Å². The fourth-order valence-corrected chi connectivity index (χ4v) is 1.05. The molecular weight excluding hydrogens is 223 g/mol. The van der Waals surface area contributed by atoms with Crippen LogP contribution in [0.2, 0.25) is 0 Å². The highest BCUT2D eigenvalue weighted by Crippen LogP contribution is 2.21. The summed E-state index contributed by atoms with van der Waals surface area (Å²) in [7, 11) is 1.17. The molecule has 0 saturated carbocycles. The van der Waals surface area contributed by atoms with E-state index in [0.29, 0.717) is 0 Å². The SMILES string of the molecule is COC(=O)c1ccc(C(=N)C(F)(F)F)cc1. The lowest BCUT2D eigenvalue weighted by Crippen LogP contribution is -2.22. The number of carbonyl (C=O) groups excluding carboxylic acids is 1. The Bertz CT molecular complexity index is 409. The first-order valence-corrected chi connectivity index (χ1v) is 4.20. The third-order valence-electron chi connectivity index (χ3n) is 1.88. The monoisotopic (exact) mass is 231 g/mol. The lowest BCUT2D eigenvalue weighted by atomic mass is 10.1. The summed E-state index contributed by atoms with van der Waals surface area (Å²) in [6.45, 7) is 0. The van der Waals surface area contributed by atoms with Crippen LogP contribution in [-0.4, -0.2) is 25.0 Å². The fraction of sp³-hybridized carbons (Fsp3) is 0.200. The molecule has 1 N–H and O–H groups in total. The fourth-order valence-electron chi connectivity index (χ4n) is 1.05. The number of alkyl halides is 3. The van der Waals surface area contributed by atoms with Gasteiger partial charge >= 0.3 is 12.1 Å². The zero-order valence-electron chi connectivity index (χ0n) is 8.26. The molecule has 6 heteroatoms. The molecule has 86 valence electrons. The van der Waals surface area contributed by atoms with Gasteiger partial charge in [-0.15, -0.1) is 0 Å². The van der Waals surface area contributed by atoms with E-state index < -0.39 is 17.9 Å². The molecule has 0 amide bonds. The Kier molecular flexibility index (Phi) is 3.31. The van der Waals surface area contributed by atoms with Crippen molar-refractivity contribution in [1.29, 1.82) is 5.41 Å². The number of ether oxygens (including phenoxy) is 1. The summed E-state index contributed by atoms with van der Waals surface area (Å²) >= 11 is 0. The van der Waals surface area contributed by atoms with E-state index in [-0.39, 0.29) is 11.1 Å². The Hall–Kier alpha value is -1.85. The minimum atomic E-state index is -4.69. The van der Waals surface area contributed by atoms with E-state index in [9.17, 15) is 18.0 Å². The maximum atomic E-state index is 12.1. The van der Waals surface area contributed by atoms with Crippen molar-refractivity contribution < 1.29 is 22.7 Å². The third kappa shape index (κ3) is 2.59. The minimum Gasteiger partial charge on any atom is -0.465 e. The van der Waals surface area contributed by atoms with Gasteiger partial charge in [0.05, 0.1) is 12.7 Å². The van der Waals surface area contributed by atoms with Gasteiger partial charge in [0.2, 0.25) is 0 Å². The van der Waals surface area contributed by atoms with E-state index in [1.54, 1.807) is 0 Å². The normalized spacial score (nSPS) is 11.0. The van der Waals surface area contributed by atoms with E-state index in [2.05, 4.69) is 4.74 Å². The van der Waals surface area contributed by atoms with Crippen molar-refractivity contribution in [3.63, 3.8) is 0 Å². The number of nitrogens with one attached hydrogen (secondary N) is 1. The molecule has 0 bridgehead atoms. The molecule has 0 spiro atoms. The summed E-state index contributed by atoms with van der Waals surface area (Å²) in [5.74, 6) is -0.634. The molecule has 0 fully saturated rings. The Balaban J connectivity index is 2.96. The van der Waals surface area contributed by atoms with Crippen LogP contribution in [0.1, 0.15) is 15.9 Å². The van der Waals surface area contributed by atoms with Crippen LogP contribution in [0.25, 0.3) is 0 Å².